The summed E-state index contributed by atoms with van der Waals surface area (Å²) in [5, 5.41) is 3.84. The summed E-state index contributed by atoms with van der Waals surface area (Å²) in [6.45, 7) is 4.65. The van der Waals surface area contributed by atoms with Gasteiger partial charge in [-0.25, -0.2) is 0 Å². The van der Waals surface area contributed by atoms with E-state index in [1.807, 2.05) is 0 Å². The average Bonchev–Trinajstić information content (AvgIpc) is 2.18. The number of hydrogen-bond donors (Lipinski definition) is 1. The van der Waals surface area contributed by atoms with Crippen molar-refractivity contribution in [2.75, 3.05) is 19.7 Å². The van der Waals surface area contributed by atoms with E-state index in [4.69, 9.17) is 16.3 Å². The summed E-state index contributed by atoms with van der Waals surface area (Å²) in [5.74, 6) is 0.718. The zero-order chi connectivity index (χ0) is 10.2. The molecule has 0 bridgehead atoms. The molecule has 1 rings (SSSR count). The first-order valence-corrected chi connectivity index (χ1v) is 5.15. The van der Waals surface area contributed by atoms with Gasteiger partial charge in [0, 0.05) is 18.8 Å². The molecule has 4 heteroatoms. The zero-order valence-electron chi connectivity index (χ0n) is 8.29. The van der Waals surface area contributed by atoms with Crippen LogP contribution in [0.5, 0.6) is 5.75 Å². The molecule has 0 aliphatic carbocycles. The van der Waals surface area contributed by atoms with Crippen LogP contribution in [0.15, 0.2) is 18.5 Å². The van der Waals surface area contributed by atoms with Crippen LogP contribution in [-0.2, 0) is 0 Å². The molecule has 0 radical (unpaired) electrons. The molecule has 1 aromatic rings. The number of halogens is 1. The molecule has 0 spiro atoms. The van der Waals surface area contributed by atoms with Gasteiger partial charge in [-0.05, 0) is 13.0 Å². The van der Waals surface area contributed by atoms with E-state index >= 15 is 0 Å². The fourth-order valence-electron chi connectivity index (χ4n) is 1.01. The maximum atomic E-state index is 5.75. The Morgan fingerprint density at radius 2 is 2.29 bits per heavy atom. The van der Waals surface area contributed by atoms with Crippen molar-refractivity contribution in [1.29, 1.82) is 0 Å². The van der Waals surface area contributed by atoms with Crippen LogP contribution in [-0.4, -0.2) is 24.7 Å². The average molecular weight is 215 g/mol. The van der Waals surface area contributed by atoms with E-state index in [2.05, 4.69) is 17.2 Å². The van der Waals surface area contributed by atoms with Gasteiger partial charge in [-0.1, -0.05) is 18.5 Å². The summed E-state index contributed by atoms with van der Waals surface area (Å²) in [4.78, 5) is 3.92. The van der Waals surface area contributed by atoms with Crippen molar-refractivity contribution in [2.45, 2.75) is 13.3 Å². The second-order valence-electron chi connectivity index (χ2n) is 2.94. The van der Waals surface area contributed by atoms with E-state index in [1.54, 1.807) is 18.5 Å². The Kier molecular flexibility index (Phi) is 5.33. The molecule has 78 valence electrons. The summed E-state index contributed by atoms with van der Waals surface area (Å²) in [5.41, 5.74) is 0. The lowest BCUT2D eigenvalue weighted by Gasteiger charge is -2.06. The second-order valence-corrected chi connectivity index (χ2v) is 3.37. The molecule has 14 heavy (non-hydrogen) atoms. The lowest BCUT2D eigenvalue weighted by Crippen LogP contribution is -2.21. The van der Waals surface area contributed by atoms with Crippen LogP contribution < -0.4 is 10.1 Å². The number of nitrogens with one attached hydrogen (secondary N) is 1. The molecule has 0 aromatic carbocycles. The molecule has 0 atom stereocenters. The van der Waals surface area contributed by atoms with Gasteiger partial charge in [-0.3, -0.25) is 4.98 Å². The molecule has 0 aliphatic heterocycles. The molecular weight excluding hydrogens is 200 g/mol. The van der Waals surface area contributed by atoms with Gasteiger partial charge in [0.25, 0.3) is 0 Å². The van der Waals surface area contributed by atoms with E-state index in [0.29, 0.717) is 11.6 Å². The van der Waals surface area contributed by atoms with E-state index in [-0.39, 0.29) is 0 Å². The fourth-order valence-corrected chi connectivity index (χ4v) is 1.18. The Labute approximate surface area is 89.4 Å². The van der Waals surface area contributed by atoms with Crippen molar-refractivity contribution in [2.24, 2.45) is 0 Å². The Bertz CT molecular complexity index is 268. The van der Waals surface area contributed by atoms with Crippen molar-refractivity contribution in [3.05, 3.63) is 23.5 Å². The van der Waals surface area contributed by atoms with Crippen molar-refractivity contribution in [3.8, 4) is 5.75 Å². The van der Waals surface area contributed by atoms with E-state index < -0.39 is 0 Å². The van der Waals surface area contributed by atoms with Gasteiger partial charge in [0.05, 0.1) is 11.2 Å². The topological polar surface area (TPSA) is 34.1 Å². The number of nitrogens with zero attached hydrogens (tertiary/aromatic N) is 1. The smallest absolute Gasteiger partial charge is 0.139 e. The molecule has 0 fully saturated rings. The van der Waals surface area contributed by atoms with Crippen molar-refractivity contribution in [3.63, 3.8) is 0 Å². The second kappa shape index (κ2) is 6.62. The van der Waals surface area contributed by atoms with Crippen molar-refractivity contribution in [1.82, 2.24) is 10.3 Å². The quantitative estimate of drug-likeness (QED) is 0.737. The maximum Gasteiger partial charge on any atom is 0.139 e. The van der Waals surface area contributed by atoms with Crippen LogP contribution in [0.4, 0.5) is 0 Å². The van der Waals surface area contributed by atoms with Crippen LogP contribution >= 0.6 is 11.6 Å². The number of rotatable bonds is 6. The summed E-state index contributed by atoms with van der Waals surface area (Å²) in [7, 11) is 0. The number of ether oxygens (including phenoxy) is 1. The molecule has 0 unspecified atom stereocenters. The predicted octanol–water partition coefficient (Wildman–Crippen LogP) is 2.11. The third kappa shape index (κ3) is 4.44. The van der Waals surface area contributed by atoms with E-state index in [0.717, 1.165) is 25.3 Å². The molecule has 3 nitrogen and oxygen atoms in total. The third-order valence-corrected chi connectivity index (χ3v) is 1.86. The Balaban J connectivity index is 2.18. The predicted molar refractivity (Wildman–Crippen MR) is 57.9 cm³/mol. The standard InChI is InChI=1S/C10H15ClN2O/c1-2-3-12-4-5-14-10-6-9(11)7-13-8-10/h6-8,12H,2-5H2,1H3. The minimum Gasteiger partial charge on any atom is -0.491 e. The van der Waals surface area contributed by atoms with Gasteiger partial charge in [0.15, 0.2) is 0 Å². The molecule has 0 amide bonds. The largest absolute Gasteiger partial charge is 0.491 e. The summed E-state index contributed by atoms with van der Waals surface area (Å²) >= 11 is 5.75. The van der Waals surface area contributed by atoms with Crippen molar-refractivity contribution < 1.29 is 4.74 Å². The minimum atomic E-state index is 0.601. The molecule has 1 N–H and O–H groups in total. The lowest BCUT2D eigenvalue weighted by atomic mass is 10.4. The lowest BCUT2D eigenvalue weighted by molar-refractivity contribution is 0.313. The van der Waals surface area contributed by atoms with Gasteiger partial charge in [-0.15, -0.1) is 0 Å². The first-order valence-electron chi connectivity index (χ1n) is 4.77. The van der Waals surface area contributed by atoms with Crippen LogP contribution in [0.1, 0.15) is 13.3 Å². The van der Waals surface area contributed by atoms with Crippen LogP contribution in [0.25, 0.3) is 0 Å². The van der Waals surface area contributed by atoms with Crippen molar-refractivity contribution >= 4 is 11.6 Å². The molecular formula is C10H15ClN2O. The van der Waals surface area contributed by atoms with Gasteiger partial charge in [0.2, 0.25) is 0 Å². The molecule has 0 aliphatic rings. The van der Waals surface area contributed by atoms with Crippen LogP contribution in [0.3, 0.4) is 0 Å². The highest BCUT2D eigenvalue weighted by atomic mass is 35.5. The van der Waals surface area contributed by atoms with Gasteiger partial charge >= 0.3 is 0 Å². The maximum absolute atomic E-state index is 5.75. The highest BCUT2D eigenvalue weighted by Gasteiger charge is 1.94. The normalized spacial score (nSPS) is 10.1. The summed E-state index contributed by atoms with van der Waals surface area (Å²) in [6, 6.07) is 1.76. The molecule has 1 aromatic heterocycles. The number of pyridine rings is 1. The van der Waals surface area contributed by atoms with Gasteiger partial charge < -0.3 is 10.1 Å². The Morgan fingerprint density at radius 1 is 1.43 bits per heavy atom. The van der Waals surface area contributed by atoms with Gasteiger partial charge in [-0.2, -0.15) is 0 Å². The minimum absolute atomic E-state index is 0.601. The number of aromatic nitrogens is 1. The van der Waals surface area contributed by atoms with E-state index in [9.17, 15) is 0 Å². The third-order valence-electron chi connectivity index (χ3n) is 1.65. The van der Waals surface area contributed by atoms with E-state index in [1.165, 1.54) is 0 Å². The van der Waals surface area contributed by atoms with Crippen LogP contribution in [0.2, 0.25) is 5.02 Å². The Morgan fingerprint density at radius 3 is 3.00 bits per heavy atom. The monoisotopic (exact) mass is 214 g/mol. The first kappa shape index (κ1) is 11.3. The highest BCUT2D eigenvalue weighted by molar-refractivity contribution is 6.30. The zero-order valence-corrected chi connectivity index (χ0v) is 9.05. The highest BCUT2D eigenvalue weighted by Crippen LogP contribution is 2.14. The SMILES string of the molecule is CCCNCCOc1cncc(Cl)c1. The summed E-state index contributed by atoms with van der Waals surface area (Å²) < 4.78 is 5.42. The molecule has 0 saturated heterocycles. The summed E-state index contributed by atoms with van der Waals surface area (Å²) in [6.07, 6.45) is 4.38. The molecule has 1 heterocycles. The molecule has 0 saturated carbocycles. The Hall–Kier alpha value is -0.800. The fraction of sp³-hybridized carbons (Fsp3) is 0.500. The van der Waals surface area contributed by atoms with Crippen LogP contribution in [0, 0.1) is 0 Å². The number of hydrogen-bond acceptors (Lipinski definition) is 3. The first-order chi connectivity index (χ1) is 6.83. The van der Waals surface area contributed by atoms with Gasteiger partial charge in [0.1, 0.15) is 12.4 Å².